The van der Waals surface area contributed by atoms with Crippen LogP contribution in [0.25, 0.3) is 116 Å². The van der Waals surface area contributed by atoms with E-state index in [1.807, 2.05) is 30.3 Å². The number of nitrogens with zero attached hydrogens (tertiary/aromatic N) is 3. The van der Waals surface area contributed by atoms with Crippen LogP contribution in [-0.2, 0) is 0 Å². The molecule has 0 unspecified atom stereocenters. The molecule has 0 saturated heterocycles. The van der Waals surface area contributed by atoms with Gasteiger partial charge in [-0.25, -0.2) is 9.97 Å². The van der Waals surface area contributed by atoms with Gasteiger partial charge in [0.1, 0.15) is 22.3 Å². The summed E-state index contributed by atoms with van der Waals surface area (Å²) in [7, 11) is 0. The number of hydrogen-bond donors (Lipinski definition) is 0. The third kappa shape index (κ3) is 4.96. The average molecular weight is 730 g/mol. The van der Waals surface area contributed by atoms with Crippen LogP contribution in [0.3, 0.4) is 0 Å². The van der Waals surface area contributed by atoms with Gasteiger partial charge in [-0.3, -0.25) is 4.57 Å². The zero-order valence-corrected chi connectivity index (χ0v) is 30.6. The number of benzene rings is 8. The van der Waals surface area contributed by atoms with Crippen LogP contribution in [0.4, 0.5) is 0 Å². The molecule has 0 aliphatic rings. The lowest BCUT2D eigenvalue weighted by Gasteiger charge is -2.14. The quantitative estimate of drug-likeness (QED) is 0.177. The Morgan fingerprint density at radius 1 is 0.333 bits per heavy atom. The molecular weight excluding hydrogens is 699 g/mol. The molecule has 0 fully saturated rings. The van der Waals surface area contributed by atoms with E-state index < -0.39 is 0 Å². The maximum Gasteiger partial charge on any atom is 0.235 e. The molecule has 0 amide bonds. The van der Waals surface area contributed by atoms with Crippen molar-refractivity contribution in [2.75, 3.05) is 0 Å². The lowest BCUT2D eigenvalue weighted by molar-refractivity contribution is 0.670. The van der Waals surface area contributed by atoms with E-state index in [1.165, 1.54) is 0 Å². The highest BCUT2D eigenvalue weighted by atomic mass is 16.3. The SMILES string of the molecule is c1ccc(-c2cc(-c3cc(-c4cccc5c4oc4ccccc45)cc(-c4cccc5c4oc4ccccc45)c3)nc(-n3c4ccccc4c4ccccc43)n2)cc1. The van der Waals surface area contributed by atoms with Crippen LogP contribution in [0.15, 0.2) is 197 Å². The van der Waals surface area contributed by atoms with Crippen LogP contribution in [-0.4, -0.2) is 14.5 Å². The lowest BCUT2D eigenvalue weighted by atomic mass is 9.93. The van der Waals surface area contributed by atoms with E-state index in [-0.39, 0.29) is 0 Å². The van der Waals surface area contributed by atoms with Crippen molar-refractivity contribution in [2.24, 2.45) is 0 Å². The number of hydrogen-bond acceptors (Lipinski definition) is 4. The zero-order chi connectivity index (χ0) is 37.5. The van der Waals surface area contributed by atoms with Crippen LogP contribution in [0, 0.1) is 0 Å². The molecule has 0 atom stereocenters. The molecule has 0 aliphatic heterocycles. The number of rotatable bonds is 5. The summed E-state index contributed by atoms with van der Waals surface area (Å²) in [5.74, 6) is 0.606. The fourth-order valence-corrected chi connectivity index (χ4v) is 8.61. The Hall–Kier alpha value is -7.76. The van der Waals surface area contributed by atoms with Gasteiger partial charge in [0.2, 0.25) is 5.95 Å². The minimum Gasteiger partial charge on any atom is -0.455 e. The van der Waals surface area contributed by atoms with Crippen molar-refractivity contribution in [1.29, 1.82) is 0 Å². The van der Waals surface area contributed by atoms with Gasteiger partial charge in [0.15, 0.2) is 0 Å². The van der Waals surface area contributed by atoms with Gasteiger partial charge in [-0.15, -0.1) is 0 Å². The van der Waals surface area contributed by atoms with Crippen LogP contribution >= 0.6 is 0 Å². The van der Waals surface area contributed by atoms with Gasteiger partial charge in [0.25, 0.3) is 0 Å². The molecule has 4 heterocycles. The summed E-state index contributed by atoms with van der Waals surface area (Å²) >= 11 is 0. The predicted molar refractivity (Wildman–Crippen MR) is 233 cm³/mol. The normalized spacial score (nSPS) is 11.9. The summed E-state index contributed by atoms with van der Waals surface area (Å²) in [5, 5.41) is 6.66. The van der Waals surface area contributed by atoms with E-state index in [1.54, 1.807) is 0 Å². The van der Waals surface area contributed by atoms with Crippen molar-refractivity contribution < 1.29 is 8.83 Å². The molecule has 0 saturated carbocycles. The molecule has 5 nitrogen and oxygen atoms in total. The Morgan fingerprint density at radius 2 is 0.772 bits per heavy atom. The van der Waals surface area contributed by atoms with Gasteiger partial charge in [0, 0.05) is 54.6 Å². The molecule has 0 bridgehead atoms. The molecule has 8 aromatic carbocycles. The smallest absolute Gasteiger partial charge is 0.235 e. The summed E-state index contributed by atoms with van der Waals surface area (Å²) in [6.07, 6.45) is 0. The Balaban J connectivity index is 1.16. The molecule has 0 N–H and O–H groups in total. The lowest BCUT2D eigenvalue weighted by Crippen LogP contribution is -2.04. The molecular formula is C52H31N3O2. The topological polar surface area (TPSA) is 57.0 Å². The van der Waals surface area contributed by atoms with E-state index in [0.29, 0.717) is 5.95 Å². The van der Waals surface area contributed by atoms with E-state index in [2.05, 4.69) is 162 Å². The molecule has 0 radical (unpaired) electrons. The molecule has 12 aromatic rings. The van der Waals surface area contributed by atoms with Crippen LogP contribution in [0.2, 0.25) is 0 Å². The summed E-state index contributed by atoms with van der Waals surface area (Å²) in [6.45, 7) is 0. The van der Waals surface area contributed by atoms with E-state index in [0.717, 1.165) is 110 Å². The molecule has 57 heavy (non-hydrogen) atoms. The molecule has 266 valence electrons. The first-order chi connectivity index (χ1) is 28.2. The third-order valence-corrected chi connectivity index (χ3v) is 11.2. The third-order valence-electron chi connectivity index (χ3n) is 11.2. The molecule has 5 heteroatoms. The van der Waals surface area contributed by atoms with Crippen LogP contribution < -0.4 is 0 Å². The summed E-state index contributed by atoms with van der Waals surface area (Å²) < 4.78 is 15.4. The second kappa shape index (κ2) is 12.4. The summed E-state index contributed by atoms with van der Waals surface area (Å²) in [5.41, 5.74) is 13.2. The highest BCUT2D eigenvalue weighted by Gasteiger charge is 2.20. The van der Waals surface area contributed by atoms with Gasteiger partial charge >= 0.3 is 0 Å². The Bertz CT molecular complexity index is 3350. The van der Waals surface area contributed by atoms with Crippen molar-refractivity contribution >= 4 is 65.7 Å². The van der Waals surface area contributed by atoms with Gasteiger partial charge in [-0.1, -0.05) is 140 Å². The monoisotopic (exact) mass is 729 g/mol. The second-order valence-corrected chi connectivity index (χ2v) is 14.5. The minimum absolute atomic E-state index is 0.606. The Labute approximate surface area is 326 Å². The van der Waals surface area contributed by atoms with Gasteiger partial charge < -0.3 is 8.83 Å². The van der Waals surface area contributed by atoms with Crippen LogP contribution in [0.5, 0.6) is 0 Å². The number of para-hydroxylation sites is 6. The van der Waals surface area contributed by atoms with Crippen molar-refractivity contribution in [1.82, 2.24) is 14.5 Å². The van der Waals surface area contributed by atoms with Crippen molar-refractivity contribution in [2.45, 2.75) is 0 Å². The highest BCUT2D eigenvalue weighted by Crippen LogP contribution is 2.42. The standard InChI is InChI=1S/C52H31N3O2/c1-2-14-32(15-3-1)44-31-45(54-52(53-44)55-46-24-8-4-16-38(46)39-17-5-9-25-47(39)55)35-29-33(36-20-12-22-42-40-18-6-10-26-48(40)56-50(36)42)28-34(30-35)37-21-13-23-43-41-19-7-11-27-49(41)57-51(37)43/h1-31H. The maximum absolute atomic E-state index is 6.62. The molecule has 12 rings (SSSR count). The Kier molecular flexibility index (Phi) is 6.86. The number of furan rings is 2. The average Bonchev–Trinajstić information content (AvgIpc) is 3.96. The first-order valence-electron chi connectivity index (χ1n) is 19.1. The predicted octanol–water partition coefficient (Wildman–Crippen LogP) is 14.0. The van der Waals surface area contributed by atoms with Crippen molar-refractivity contribution in [3.8, 4) is 50.7 Å². The number of aromatic nitrogens is 3. The highest BCUT2D eigenvalue weighted by molar-refractivity contribution is 6.12. The number of fused-ring (bicyclic) bond motifs is 9. The second-order valence-electron chi connectivity index (χ2n) is 14.5. The summed E-state index contributed by atoms with van der Waals surface area (Å²) in [6, 6.07) is 65.4. The zero-order valence-electron chi connectivity index (χ0n) is 30.6. The molecule has 0 aliphatic carbocycles. The van der Waals surface area contributed by atoms with Crippen molar-refractivity contribution in [3.63, 3.8) is 0 Å². The van der Waals surface area contributed by atoms with E-state index in [9.17, 15) is 0 Å². The van der Waals surface area contributed by atoms with Gasteiger partial charge in [-0.2, -0.15) is 0 Å². The fourth-order valence-electron chi connectivity index (χ4n) is 8.61. The maximum atomic E-state index is 6.62. The van der Waals surface area contributed by atoms with E-state index >= 15 is 0 Å². The molecule has 0 spiro atoms. The van der Waals surface area contributed by atoms with Crippen LogP contribution in [0.1, 0.15) is 0 Å². The van der Waals surface area contributed by atoms with Gasteiger partial charge in [-0.05, 0) is 59.7 Å². The Morgan fingerprint density at radius 3 is 1.33 bits per heavy atom. The first-order valence-corrected chi connectivity index (χ1v) is 19.1. The summed E-state index contributed by atoms with van der Waals surface area (Å²) in [4.78, 5) is 10.7. The van der Waals surface area contributed by atoms with Crippen molar-refractivity contribution in [3.05, 3.63) is 188 Å². The largest absolute Gasteiger partial charge is 0.455 e. The fraction of sp³-hybridized carbons (Fsp3) is 0. The van der Waals surface area contributed by atoms with Gasteiger partial charge in [0.05, 0.1) is 22.4 Å². The first kappa shape index (κ1) is 31.6. The minimum atomic E-state index is 0.606. The van der Waals surface area contributed by atoms with E-state index in [4.69, 9.17) is 18.8 Å². The molecule has 4 aromatic heterocycles.